The molecule has 3 nitrogen and oxygen atoms in total. The van der Waals surface area contributed by atoms with Crippen molar-refractivity contribution in [1.29, 1.82) is 0 Å². The second-order valence-corrected chi connectivity index (χ2v) is 3.76. The zero-order valence-corrected chi connectivity index (χ0v) is 8.59. The van der Waals surface area contributed by atoms with E-state index in [1.165, 1.54) is 25.7 Å². The maximum absolute atomic E-state index is 5.64. The average molecular weight is 186 g/mol. The molecule has 2 atom stereocenters. The van der Waals surface area contributed by atoms with Crippen molar-refractivity contribution < 1.29 is 4.74 Å². The van der Waals surface area contributed by atoms with Crippen LogP contribution >= 0.6 is 0 Å². The van der Waals surface area contributed by atoms with Crippen LogP contribution in [0.1, 0.15) is 32.6 Å². The van der Waals surface area contributed by atoms with Crippen LogP contribution in [-0.4, -0.2) is 31.8 Å². The van der Waals surface area contributed by atoms with Crippen LogP contribution in [-0.2, 0) is 4.74 Å². The molecule has 0 aromatic rings. The third kappa shape index (κ3) is 4.07. The first-order valence-electron chi connectivity index (χ1n) is 5.41. The molecule has 2 unspecified atom stereocenters. The van der Waals surface area contributed by atoms with E-state index in [0.717, 1.165) is 19.7 Å². The Balaban J connectivity index is 2.07. The third-order valence-electron chi connectivity index (χ3n) is 2.58. The van der Waals surface area contributed by atoms with Gasteiger partial charge in [-0.05, 0) is 19.3 Å². The molecule has 1 heterocycles. The van der Waals surface area contributed by atoms with Gasteiger partial charge in [0, 0.05) is 25.7 Å². The van der Waals surface area contributed by atoms with Crippen LogP contribution in [0.4, 0.5) is 0 Å². The quantitative estimate of drug-likeness (QED) is 0.647. The maximum Gasteiger partial charge on any atom is 0.0700 e. The van der Waals surface area contributed by atoms with E-state index < -0.39 is 0 Å². The molecule has 1 saturated heterocycles. The van der Waals surface area contributed by atoms with Gasteiger partial charge in [0.05, 0.1) is 6.10 Å². The fraction of sp³-hybridized carbons (Fsp3) is 1.00. The van der Waals surface area contributed by atoms with Gasteiger partial charge in [0.2, 0.25) is 0 Å². The summed E-state index contributed by atoms with van der Waals surface area (Å²) in [5.41, 5.74) is 5.64. The summed E-state index contributed by atoms with van der Waals surface area (Å²) in [4.78, 5) is 0. The molecule has 13 heavy (non-hydrogen) atoms. The lowest BCUT2D eigenvalue weighted by Gasteiger charge is -2.18. The van der Waals surface area contributed by atoms with Gasteiger partial charge in [0.15, 0.2) is 0 Å². The van der Waals surface area contributed by atoms with Crippen molar-refractivity contribution in [2.75, 3.05) is 19.7 Å². The van der Waals surface area contributed by atoms with Crippen LogP contribution in [0.25, 0.3) is 0 Å². The molecule has 0 aliphatic carbocycles. The Morgan fingerprint density at radius 2 is 2.46 bits per heavy atom. The first kappa shape index (κ1) is 11.0. The SMILES string of the molecule is CCCC(CN)NCC1CCCO1. The molecule has 0 bridgehead atoms. The van der Waals surface area contributed by atoms with Crippen LogP contribution in [0.5, 0.6) is 0 Å². The highest BCUT2D eigenvalue weighted by molar-refractivity contribution is 4.73. The standard InChI is InChI=1S/C10H22N2O/c1-2-4-9(7-11)12-8-10-5-3-6-13-10/h9-10,12H,2-8,11H2,1H3. The minimum Gasteiger partial charge on any atom is -0.377 e. The van der Waals surface area contributed by atoms with Crippen LogP contribution in [0.2, 0.25) is 0 Å². The smallest absolute Gasteiger partial charge is 0.0700 e. The summed E-state index contributed by atoms with van der Waals surface area (Å²) in [5, 5.41) is 3.46. The lowest BCUT2D eigenvalue weighted by molar-refractivity contribution is 0.107. The largest absolute Gasteiger partial charge is 0.377 e. The average Bonchev–Trinajstić information content (AvgIpc) is 2.64. The molecule has 78 valence electrons. The molecule has 1 aliphatic rings. The highest BCUT2D eigenvalue weighted by atomic mass is 16.5. The molecule has 0 aromatic heterocycles. The Kier molecular flexibility index (Phi) is 5.35. The summed E-state index contributed by atoms with van der Waals surface area (Å²) >= 11 is 0. The predicted octanol–water partition coefficient (Wildman–Crippen LogP) is 0.882. The Hall–Kier alpha value is -0.120. The van der Waals surface area contributed by atoms with Gasteiger partial charge in [-0.15, -0.1) is 0 Å². The predicted molar refractivity (Wildman–Crippen MR) is 54.7 cm³/mol. The summed E-state index contributed by atoms with van der Waals surface area (Å²) in [6, 6.07) is 0.481. The maximum atomic E-state index is 5.64. The Morgan fingerprint density at radius 3 is 3.00 bits per heavy atom. The van der Waals surface area contributed by atoms with E-state index >= 15 is 0 Å². The van der Waals surface area contributed by atoms with E-state index in [4.69, 9.17) is 10.5 Å². The molecule has 3 heteroatoms. The molecule has 3 N–H and O–H groups in total. The van der Waals surface area contributed by atoms with Gasteiger partial charge in [-0.3, -0.25) is 0 Å². The van der Waals surface area contributed by atoms with Gasteiger partial charge in [0.25, 0.3) is 0 Å². The van der Waals surface area contributed by atoms with Crippen LogP contribution < -0.4 is 11.1 Å². The Morgan fingerprint density at radius 1 is 1.62 bits per heavy atom. The fourth-order valence-corrected chi connectivity index (χ4v) is 1.76. The van der Waals surface area contributed by atoms with Gasteiger partial charge in [0.1, 0.15) is 0 Å². The minimum absolute atomic E-state index is 0.436. The molecule has 1 rings (SSSR count). The van der Waals surface area contributed by atoms with E-state index in [1.807, 2.05) is 0 Å². The second kappa shape index (κ2) is 6.35. The summed E-state index contributed by atoms with van der Waals surface area (Å²) < 4.78 is 5.52. The summed E-state index contributed by atoms with van der Waals surface area (Å²) in [7, 11) is 0. The lowest BCUT2D eigenvalue weighted by atomic mass is 10.1. The number of hydrogen-bond acceptors (Lipinski definition) is 3. The van der Waals surface area contributed by atoms with E-state index in [-0.39, 0.29) is 0 Å². The van der Waals surface area contributed by atoms with E-state index in [1.54, 1.807) is 0 Å². The molecular weight excluding hydrogens is 164 g/mol. The molecular formula is C10H22N2O. The van der Waals surface area contributed by atoms with Gasteiger partial charge in [-0.1, -0.05) is 13.3 Å². The van der Waals surface area contributed by atoms with Crippen molar-refractivity contribution in [3.8, 4) is 0 Å². The van der Waals surface area contributed by atoms with Gasteiger partial charge < -0.3 is 15.8 Å². The number of ether oxygens (including phenoxy) is 1. The number of nitrogens with one attached hydrogen (secondary N) is 1. The zero-order valence-electron chi connectivity index (χ0n) is 8.59. The number of nitrogens with two attached hydrogens (primary N) is 1. The fourth-order valence-electron chi connectivity index (χ4n) is 1.76. The first-order chi connectivity index (χ1) is 6.36. The number of rotatable bonds is 6. The molecule has 1 aliphatic heterocycles. The van der Waals surface area contributed by atoms with Gasteiger partial charge >= 0.3 is 0 Å². The van der Waals surface area contributed by atoms with Gasteiger partial charge in [-0.25, -0.2) is 0 Å². The monoisotopic (exact) mass is 186 g/mol. The molecule has 1 fully saturated rings. The molecule has 0 spiro atoms. The molecule has 0 amide bonds. The van der Waals surface area contributed by atoms with Crippen molar-refractivity contribution in [2.24, 2.45) is 5.73 Å². The third-order valence-corrected chi connectivity index (χ3v) is 2.58. The molecule has 0 aromatic carbocycles. The van der Waals surface area contributed by atoms with Crippen LogP contribution in [0.15, 0.2) is 0 Å². The normalized spacial score (nSPS) is 24.9. The Labute approximate surface area is 81.0 Å². The first-order valence-corrected chi connectivity index (χ1v) is 5.41. The zero-order chi connectivity index (χ0) is 9.52. The Bertz CT molecular complexity index is 124. The van der Waals surface area contributed by atoms with Crippen LogP contribution in [0.3, 0.4) is 0 Å². The van der Waals surface area contributed by atoms with E-state index in [9.17, 15) is 0 Å². The van der Waals surface area contributed by atoms with E-state index in [0.29, 0.717) is 12.1 Å². The summed E-state index contributed by atoms with van der Waals surface area (Å²) in [6.07, 6.45) is 5.22. The van der Waals surface area contributed by atoms with Crippen molar-refractivity contribution in [1.82, 2.24) is 5.32 Å². The minimum atomic E-state index is 0.436. The van der Waals surface area contributed by atoms with Crippen molar-refractivity contribution in [3.05, 3.63) is 0 Å². The summed E-state index contributed by atoms with van der Waals surface area (Å²) in [6.45, 7) is 4.84. The lowest BCUT2D eigenvalue weighted by Crippen LogP contribution is -2.40. The summed E-state index contributed by atoms with van der Waals surface area (Å²) in [5.74, 6) is 0. The van der Waals surface area contributed by atoms with Crippen molar-refractivity contribution >= 4 is 0 Å². The highest BCUT2D eigenvalue weighted by Gasteiger charge is 2.16. The highest BCUT2D eigenvalue weighted by Crippen LogP contribution is 2.10. The topological polar surface area (TPSA) is 47.3 Å². The second-order valence-electron chi connectivity index (χ2n) is 3.76. The van der Waals surface area contributed by atoms with Crippen molar-refractivity contribution in [3.63, 3.8) is 0 Å². The van der Waals surface area contributed by atoms with Crippen molar-refractivity contribution in [2.45, 2.75) is 44.8 Å². The van der Waals surface area contributed by atoms with E-state index in [2.05, 4.69) is 12.2 Å². The van der Waals surface area contributed by atoms with Gasteiger partial charge in [-0.2, -0.15) is 0 Å². The molecule has 0 radical (unpaired) electrons. The molecule has 0 saturated carbocycles. The van der Waals surface area contributed by atoms with Crippen LogP contribution in [0, 0.1) is 0 Å². The number of hydrogen-bond donors (Lipinski definition) is 2.